The highest BCUT2D eigenvalue weighted by molar-refractivity contribution is 5.90. The second kappa shape index (κ2) is 5.24. The standard InChI is InChI=1S/C15H14N4O2/c1-9-7-11-14(16-8-12(20)21)18-13(19-15(11)17-9)10-5-3-2-4-6-10/h2-7H,8H2,1H3,(H,20,21)(H2,16,17,18,19). The minimum Gasteiger partial charge on any atom is -0.480 e. The number of H-pyrrole nitrogens is 1. The van der Waals surface area contributed by atoms with Crippen molar-refractivity contribution in [2.45, 2.75) is 6.92 Å². The van der Waals surface area contributed by atoms with Gasteiger partial charge in [-0.2, -0.15) is 0 Å². The molecular weight excluding hydrogens is 268 g/mol. The van der Waals surface area contributed by atoms with E-state index in [1.807, 2.05) is 43.3 Å². The highest BCUT2D eigenvalue weighted by atomic mass is 16.4. The van der Waals surface area contributed by atoms with Gasteiger partial charge in [-0.05, 0) is 13.0 Å². The number of fused-ring (bicyclic) bond motifs is 1. The molecule has 0 atom stereocenters. The topological polar surface area (TPSA) is 90.9 Å². The van der Waals surface area contributed by atoms with Crippen LogP contribution >= 0.6 is 0 Å². The summed E-state index contributed by atoms with van der Waals surface area (Å²) in [5.41, 5.74) is 2.52. The van der Waals surface area contributed by atoms with Gasteiger partial charge in [-0.1, -0.05) is 30.3 Å². The molecular formula is C15H14N4O2. The van der Waals surface area contributed by atoms with Crippen LogP contribution in [0.2, 0.25) is 0 Å². The maximum atomic E-state index is 10.8. The molecule has 106 valence electrons. The summed E-state index contributed by atoms with van der Waals surface area (Å²) in [6.07, 6.45) is 0. The predicted octanol–water partition coefficient (Wildman–Crippen LogP) is 2.43. The number of anilines is 1. The van der Waals surface area contributed by atoms with E-state index in [2.05, 4.69) is 20.3 Å². The van der Waals surface area contributed by atoms with Crippen LogP contribution in [-0.4, -0.2) is 32.6 Å². The molecule has 0 fully saturated rings. The van der Waals surface area contributed by atoms with E-state index in [4.69, 9.17) is 5.11 Å². The Balaban J connectivity index is 2.12. The Hall–Kier alpha value is -2.89. The first kappa shape index (κ1) is 13.1. The van der Waals surface area contributed by atoms with Gasteiger partial charge in [0.25, 0.3) is 0 Å². The minimum absolute atomic E-state index is 0.190. The van der Waals surface area contributed by atoms with Gasteiger partial charge in [-0.25, -0.2) is 9.97 Å². The average Bonchev–Trinajstić information content (AvgIpc) is 2.85. The number of aromatic nitrogens is 3. The van der Waals surface area contributed by atoms with Crippen LogP contribution in [0.25, 0.3) is 22.4 Å². The lowest BCUT2D eigenvalue weighted by Crippen LogP contribution is -2.13. The molecule has 0 spiro atoms. The second-order valence-electron chi connectivity index (χ2n) is 4.72. The van der Waals surface area contributed by atoms with Crippen molar-refractivity contribution in [3.8, 4) is 11.4 Å². The molecule has 0 aliphatic heterocycles. The first-order chi connectivity index (χ1) is 10.1. The van der Waals surface area contributed by atoms with Gasteiger partial charge >= 0.3 is 5.97 Å². The molecule has 0 radical (unpaired) electrons. The Labute approximate surface area is 120 Å². The largest absolute Gasteiger partial charge is 0.480 e. The van der Waals surface area contributed by atoms with Gasteiger partial charge in [-0.3, -0.25) is 4.79 Å². The molecule has 3 aromatic rings. The number of aryl methyl sites for hydroxylation is 1. The van der Waals surface area contributed by atoms with Crippen LogP contribution in [0, 0.1) is 6.92 Å². The summed E-state index contributed by atoms with van der Waals surface area (Å²) >= 11 is 0. The maximum Gasteiger partial charge on any atom is 0.322 e. The number of rotatable bonds is 4. The number of aliphatic carboxylic acids is 1. The van der Waals surface area contributed by atoms with E-state index in [1.165, 1.54) is 0 Å². The molecule has 1 aromatic carbocycles. The van der Waals surface area contributed by atoms with E-state index in [0.717, 1.165) is 16.6 Å². The zero-order valence-corrected chi connectivity index (χ0v) is 11.4. The normalized spacial score (nSPS) is 10.7. The lowest BCUT2D eigenvalue weighted by Gasteiger charge is -2.07. The molecule has 0 saturated carbocycles. The van der Waals surface area contributed by atoms with Crippen LogP contribution in [-0.2, 0) is 4.79 Å². The van der Waals surface area contributed by atoms with Crippen LogP contribution in [0.4, 0.5) is 5.82 Å². The highest BCUT2D eigenvalue weighted by Crippen LogP contribution is 2.25. The molecule has 6 nitrogen and oxygen atoms in total. The van der Waals surface area contributed by atoms with E-state index in [0.29, 0.717) is 17.3 Å². The molecule has 0 bridgehead atoms. The molecule has 0 saturated heterocycles. The molecule has 0 aliphatic carbocycles. The van der Waals surface area contributed by atoms with Crippen molar-refractivity contribution in [1.29, 1.82) is 0 Å². The number of hydrogen-bond donors (Lipinski definition) is 3. The van der Waals surface area contributed by atoms with Crippen molar-refractivity contribution in [3.63, 3.8) is 0 Å². The third-order valence-electron chi connectivity index (χ3n) is 3.06. The number of nitrogens with zero attached hydrogens (tertiary/aromatic N) is 2. The molecule has 3 N–H and O–H groups in total. The van der Waals surface area contributed by atoms with Gasteiger partial charge < -0.3 is 15.4 Å². The molecule has 21 heavy (non-hydrogen) atoms. The number of benzene rings is 1. The number of nitrogens with one attached hydrogen (secondary N) is 2. The summed E-state index contributed by atoms with van der Waals surface area (Å²) in [4.78, 5) is 22.9. The van der Waals surface area contributed by atoms with Gasteiger partial charge in [0, 0.05) is 11.3 Å². The summed E-state index contributed by atoms with van der Waals surface area (Å²) in [7, 11) is 0. The molecule has 6 heteroatoms. The summed E-state index contributed by atoms with van der Waals surface area (Å²) in [6.45, 7) is 1.73. The van der Waals surface area contributed by atoms with Crippen LogP contribution in [0.15, 0.2) is 36.4 Å². The zero-order chi connectivity index (χ0) is 14.8. The third kappa shape index (κ3) is 2.69. The van der Waals surface area contributed by atoms with Crippen LogP contribution in [0.3, 0.4) is 0 Å². The molecule has 2 aromatic heterocycles. The fourth-order valence-corrected chi connectivity index (χ4v) is 2.15. The van der Waals surface area contributed by atoms with Gasteiger partial charge in [-0.15, -0.1) is 0 Å². The fourth-order valence-electron chi connectivity index (χ4n) is 2.15. The smallest absolute Gasteiger partial charge is 0.322 e. The van der Waals surface area contributed by atoms with Crippen molar-refractivity contribution in [2.24, 2.45) is 0 Å². The van der Waals surface area contributed by atoms with Crippen LogP contribution < -0.4 is 5.32 Å². The number of carboxylic acid groups (broad SMARTS) is 1. The quantitative estimate of drug-likeness (QED) is 0.683. The lowest BCUT2D eigenvalue weighted by atomic mass is 10.2. The van der Waals surface area contributed by atoms with Gasteiger partial charge in [0.2, 0.25) is 0 Å². The van der Waals surface area contributed by atoms with Crippen molar-refractivity contribution in [3.05, 3.63) is 42.1 Å². The highest BCUT2D eigenvalue weighted by Gasteiger charge is 2.12. The Bertz CT molecular complexity index is 796. The van der Waals surface area contributed by atoms with Gasteiger partial charge in [0.05, 0.1) is 5.39 Å². The summed E-state index contributed by atoms with van der Waals surface area (Å²) in [6, 6.07) is 11.5. The molecule has 0 aliphatic rings. The Morgan fingerprint density at radius 2 is 2.05 bits per heavy atom. The number of hydrogen-bond acceptors (Lipinski definition) is 4. The number of carbonyl (C=O) groups is 1. The van der Waals surface area contributed by atoms with E-state index in [1.54, 1.807) is 0 Å². The Morgan fingerprint density at radius 1 is 1.29 bits per heavy atom. The summed E-state index contributed by atoms with van der Waals surface area (Å²) < 4.78 is 0. The molecule has 0 amide bonds. The Morgan fingerprint density at radius 3 is 2.76 bits per heavy atom. The van der Waals surface area contributed by atoms with E-state index >= 15 is 0 Å². The molecule has 2 heterocycles. The van der Waals surface area contributed by atoms with Crippen molar-refractivity contribution in [1.82, 2.24) is 15.0 Å². The Kier molecular flexibility index (Phi) is 3.27. The monoisotopic (exact) mass is 282 g/mol. The van der Waals surface area contributed by atoms with E-state index in [-0.39, 0.29) is 6.54 Å². The predicted molar refractivity (Wildman–Crippen MR) is 80.2 cm³/mol. The van der Waals surface area contributed by atoms with Crippen molar-refractivity contribution < 1.29 is 9.90 Å². The van der Waals surface area contributed by atoms with Crippen LogP contribution in [0.1, 0.15) is 5.69 Å². The SMILES string of the molecule is Cc1cc2c(NCC(=O)O)nc(-c3ccccc3)nc2[nH]1. The van der Waals surface area contributed by atoms with Crippen LogP contribution in [0.5, 0.6) is 0 Å². The van der Waals surface area contributed by atoms with Crippen molar-refractivity contribution in [2.75, 3.05) is 11.9 Å². The second-order valence-corrected chi connectivity index (χ2v) is 4.72. The van der Waals surface area contributed by atoms with E-state index in [9.17, 15) is 4.79 Å². The third-order valence-corrected chi connectivity index (χ3v) is 3.06. The van der Waals surface area contributed by atoms with Gasteiger partial charge in [0.1, 0.15) is 18.0 Å². The maximum absolute atomic E-state index is 10.8. The molecule has 0 unspecified atom stereocenters. The van der Waals surface area contributed by atoms with E-state index < -0.39 is 5.97 Å². The molecule has 3 rings (SSSR count). The summed E-state index contributed by atoms with van der Waals surface area (Å²) in [5.74, 6) is 0.138. The fraction of sp³-hybridized carbons (Fsp3) is 0.133. The van der Waals surface area contributed by atoms with Crippen molar-refractivity contribution >= 4 is 22.8 Å². The number of aromatic amines is 1. The number of carboxylic acids is 1. The zero-order valence-electron chi connectivity index (χ0n) is 11.4. The average molecular weight is 282 g/mol. The minimum atomic E-state index is -0.935. The lowest BCUT2D eigenvalue weighted by molar-refractivity contribution is -0.134. The van der Waals surface area contributed by atoms with Gasteiger partial charge in [0.15, 0.2) is 5.82 Å². The summed E-state index contributed by atoms with van der Waals surface area (Å²) in [5, 5.41) is 12.5. The first-order valence-electron chi connectivity index (χ1n) is 6.52. The first-order valence-corrected chi connectivity index (χ1v) is 6.52.